The van der Waals surface area contributed by atoms with Gasteiger partial charge < -0.3 is 19.3 Å². The Kier molecular flexibility index (Phi) is 9.82. The molecule has 2 fully saturated rings. The number of carbonyl (C=O) groups is 1. The van der Waals surface area contributed by atoms with E-state index in [-0.39, 0.29) is 37.4 Å². The second-order valence-corrected chi connectivity index (χ2v) is 21.0. The molecule has 2 atom stereocenters. The number of carbonyl (C=O) groups excluding carboxylic acids is 1. The molecule has 3 aromatic heterocycles. The number of rotatable bonds is 9. The van der Waals surface area contributed by atoms with Crippen LogP contribution in [-0.4, -0.2) is 81.6 Å². The summed E-state index contributed by atoms with van der Waals surface area (Å²) >= 11 is 0. The minimum absolute atomic E-state index is 0.00801. The predicted octanol–water partition coefficient (Wildman–Crippen LogP) is 7.75. The van der Waals surface area contributed by atoms with Crippen molar-refractivity contribution in [2.45, 2.75) is 96.3 Å². The Labute approximate surface area is 286 Å². The van der Waals surface area contributed by atoms with Crippen molar-refractivity contribution in [3.63, 3.8) is 0 Å². The maximum absolute atomic E-state index is 15.1. The SMILES string of the molecule is CC(C)(C)OC(=O)N1CCC(n2cc(-c3cnc4c(c3)c(N3C[C@@H](F)C[C@@H]3c3cc(F)ccc3F)nn4COCC[Si](C)(C)C)cn2)CC1. The molecule has 2 saturated heterocycles. The fraction of sp³-hybridized carbons (Fsp3) is 0.543. The number of aromatic nitrogens is 5. The van der Waals surface area contributed by atoms with Crippen molar-refractivity contribution in [1.29, 1.82) is 0 Å². The van der Waals surface area contributed by atoms with E-state index in [4.69, 9.17) is 19.6 Å². The van der Waals surface area contributed by atoms with Crippen LogP contribution >= 0.6 is 0 Å². The molecule has 5 heterocycles. The van der Waals surface area contributed by atoms with Crippen molar-refractivity contribution >= 4 is 31.0 Å². The van der Waals surface area contributed by atoms with Gasteiger partial charge in [0.1, 0.15) is 30.1 Å². The van der Waals surface area contributed by atoms with Gasteiger partial charge in [-0.1, -0.05) is 19.6 Å². The third kappa shape index (κ3) is 8.12. The molecule has 49 heavy (non-hydrogen) atoms. The standard InChI is InChI=1S/C35H46F3N7O3Si/c1-35(2,3)48-34(46)42-11-9-27(10-12-42)44-20-24(19-40-44)23-15-29-32(39-18-23)45(22-47-13-14-49(4,5)6)41-33(29)43-21-26(37)17-31(43)28-16-25(36)7-8-30(28)38/h7-8,15-16,18-20,26-27,31H,9-14,17,21-22H2,1-6H3/t26-,31+/m0/s1. The van der Waals surface area contributed by atoms with E-state index in [9.17, 15) is 9.18 Å². The fourth-order valence-electron chi connectivity index (χ4n) is 6.44. The molecule has 10 nitrogen and oxygen atoms in total. The van der Waals surface area contributed by atoms with E-state index in [1.807, 2.05) is 37.7 Å². The maximum Gasteiger partial charge on any atom is 0.410 e. The van der Waals surface area contributed by atoms with Gasteiger partial charge in [-0.05, 0) is 63.9 Å². The normalized spacial score (nSPS) is 19.3. The van der Waals surface area contributed by atoms with E-state index in [2.05, 4.69) is 24.7 Å². The lowest BCUT2D eigenvalue weighted by Crippen LogP contribution is -2.42. The molecule has 0 bridgehead atoms. The Morgan fingerprint density at radius 3 is 2.53 bits per heavy atom. The van der Waals surface area contributed by atoms with E-state index in [1.54, 1.807) is 26.9 Å². The lowest BCUT2D eigenvalue weighted by atomic mass is 10.0. The van der Waals surface area contributed by atoms with Crippen LogP contribution in [-0.2, 0) is 16.2 Å². The van der Waals surface area contributed by atoms with E-state index < -0.39 is 37.5 Å². The minimum atomic E-state index is -1.32. The van der Waals surface area contributed by atoms with Crippen molar-refractivity contribution < 1.29 is 27.4 Å². The van der Waals surface area contributed by atoms with Crippen LogP contribution in [0.25, 0.3) is 22.2 Å². The van der Waals surface area contributed by atoms with E-state index in [0.29, 0.717) is 36.5 Å². The van der Waals surface area contributed by atoms with Crippen molar-refractivity contribution in [3.8, 4) is 11.1 Å². The zero-order chi connectivity index (χ0) is 35.1. The fourth-order valence-corrected chi connectivity index (χ4v) is 7.20. The minimum Gasteiger partial charge on any atom is -0.444 e. The molecule has 2 aliphatic heterocycles. The number of halogens is 3. The summed E-state index contributed by atoms with van der Waals surface area (Å²) in [6.45, 7) is 14.3. The molecule has 4 aromatic rings. The number of alkyl halides is 1. The molecular weight excluding hydrogens is 652 g/mol. The summed E-state index contributed by atoms with van der Waals surface area (Å²) in [5, 5.41) is 10.2. The number of amides is 1. The Morgan fingerprint density at radius 2 is 1.82 bits per heavy atom. The molecule has 0 N–H and O–H groups in total. The molecule has 0 saturated carbocycles. The lowest BCUT2D eigenvalue weighted by Gasteiger charge is -2.33. The topological polar surface area (TPSA) is 90.5 Å². The molecule has 2 aliphatic rings. The number of hydrogen-bond donors (Lipinski definition) is 0. The van der Waals surface area contributed by atoms with Crippen molar-refractivity contribution in [2.24, 2.45) is 0 Å². The zero-order valence-electron chi connectivity index (χ0n) is 29.1. The summed E-state index contributed by atoms with van der Waals surface area (Å²) in [4.78, 5) is 20.8. The number of anilines is 1. The summed E-state index contributed by atoms with van der Waals surface area (Å²) in [6.07, 6.45) is 5.44. The summed E-state index contributed by atoms with van der Waals surface area (Å²) in [6, 6.07) is 5.58. The summed E-state index contributed by atoms with van der Waals surface area (Å²) in [7, 11) is -1.32. The molecule has 0 aliphatic carbocycles. The number of pyridine rings is 1. The first-order valence-corrected chi connectivity index (χ1v) is 20.7. The molecule has 0 unspecified atom stereocenters. The second kappa shape index (κ2) is 13.8. The van der Waals surface area contributed by atoms with Crippen LogP contribution in [0.2, 0.25) is 25.7 Å². The zero-order valence-corrected chi connectivity index (χ0v) is 30.1. The van der Waals surface area contributed by atoms with Gasteiger partial charge in [-0.15, -0.1) is 0 Å². The summed E-state index contributed by atoms with van der Waals surface area (Å²) in [5.41, 5.74) is 1.73. The van der Waals surface area contributed by atoms with Crippen LogP contribution in [0.3, 0.4) is 0 Å². The largest absolute Gasteiger partial charge is 0.444 e. The predicted molar refractivity (Wildman–Crippen MR) is 185 cm³/mol. The van der Waals surface area contributed by atoms with Gasteiger partial charge in [-0.25, -0.2) is 27.6 Å². The third-order valence-corrected chi connectivity index (χ3v) is 10.7. The van der Waals surface area contributed by atoms with Crippen LogP contribution in [0.4, 0.5) is 23.8 Å². The van der Waals surface area contributed by atoms with E-state index >= 15 is 8.78 Å². The van der Waals surface area contributed by atoms with Gasteiger partial charge in [0.05, 0.1) is 30.2 Å². The van der Waals surface area contributed by atoms with Crippen LogP contribution in [0, 0.1) is 11.6 Å². The van der Waals surface area contributed by atoms with E-state index in [1.165, 1.54) is 0 Å². The van der Waals surface area contributed by atoms with Gasteiger partial charge in [-0.2, -0.15) is 10.2 Å². The van der Waals surface area contributed by atoms with Crippen LogP contribution in [0.15, 0.2) is 42.9 Å². The molecule has 1 amide bonds. The van der Waals surface area contributed by atoms with Crippen LogP contribution in [0.1, 0.15) is 57.7 Å². The highest BCUT2D eigenvalue weighted by atomic mass is 28.3. The van der Waals surface area contributed by atoms with Gasteiger partial charge in [0.25, 0.3) is 0 Å². The summed E-state index contributed by atoms with van der Waals surface area (Å²) in [5.74, 6) is -0.734. The number of benzene rings is 1. The molecule has 0 spiro atoms. The number of ether oxygens (including phenoxy) is 2. The van der Waals surface area contributed by atoms with Gasteiger partial charge in [0.2, 0.25) is 0 Å². The first-order chi connectivity index (χ1) is 23.1. The van der Waals surface area contributed by atoms with Gasteiger partial charge in [-0.3, -0.25) is 4.68 Å². The van der Waals surface area contributed by atoms with Gasteiger partial charge in [0, 0.05) is 63.3 Å². The van der Waals surface area contributed by atoms with Gasteiger partial charge in [0.15, 0.2) is 11.5 Å². The average Bonchev–Trinajstić information content (AvgIpc) is 3.76. The highest BCUT2D eigenvalue weighted by molar-refractivity contribution is 6.76. The van der Waals surface area contributed by atoms with Crippen molar-refractivity contribution in [3.05, 3.63) is 60.1 Å². The Bertz CT molecular complexity index is 1790. The third-order valence-electron chi connectivity index (χ3n) is 9.04. The number of likely N-dealkylation sites (tertiary alicyclic amines) is 1. The lowest BCUT2D eigenvalue weighted by molar-refractivity contribution is 0.0184. The van der Waals surface area contributed by atoms with Crippen molar-refractivity contribution in [1.82, 2.24) is 29.4 Å². The molecular formula is C35H46F3N7O3Si. The van der Waals surface area contributed by atoms with Crippen LogP contribution < -0.4 is 4.90 Å². The maximum atomic E-state index is 15.1. The summed E-state index contributed by atoms with van der Waals surface area (Å²) < 4.78 is 59.5. The molecule has 14 heteroatoms. The van der Waals surface area contributed by atoms with Crippen LogP contribution in [0.5, 0.6) is 0 Å². The number of fused-ring (bicyclic) bond motifs is 1. The number of piperidine rings is 1. The molecule has 1 aromatic carbocycles. The van der Waals surface area contributed by atoms with Gasteiger partial charge >= 0.3 is 6.09 Å². The number of hydrogen-bond acceptors (Lipinski definition) is 7. The molecule has 6 rings (SSSR count). The average molecular weight is 698 g/mol. The molecule has 264 valence electrons. The number of nitrogens with zero attached hydrogens (tertiary/aromatic N) is 7. The Morgan fingerprint density at radius 1 is 1.06 bits per heavy atom. The highest BCUT2D eigenvalue weighted by Gasteiger charge is 2.38. The molecule has 0 radical (unpaired) electrons. The van der Waals surface area contributed by atoms with Crippen molar-refractivity contribution in [2.75, 3.05) is 31.1 Å². The monoisotopic (exact) mass is 697 g/mol. The Balaban J connectivity index is 1.28. The Hall–Kier alpha value is -3.91. The second-order valence-electron chi connectivity index (χ2n) is 15.3. The van der Waals surface area contributed by atoms with E-state index in [0.717, 1.165) is 48.2 Å². The quantitative estimate of drug-likeness (QED) is 0.131. The first-order valence-electron chi connectivity index (χ1n) is 17.0. The smallest absolute Gasteiger partial charge is 0.410 e. The highest BCUT2D eigenvalue weighted by Crippen LogP contribution is 2.41. The first kappa shape index (κ1) is 34.9.